The number of amides is 1. The van der Waals surface area contributed by atoms with E-state index in [4.69, 9.17) is 16.3 Å². The quantitative estimate of drug-likeness (QED) is 0.429. The summed E-state index contributed by atoms with van der Waals surface area (Å²) in [5.41, 5.74) is 1.69. The summed E-state index contributed by atoms with van der Waals surface area (Å²) in [4.78, 5) is 46.0. The van der Waals surface area contributed by atoms with Gasteiger partial charge < -0.3 is 19.4 Å². The van der Waals surface area contributed by atoms with Gasteiger partial charge in [0, 0.05) is 39.3 Å². The van der Waals surface area contributed by atoms with Crippen LogP contribution in [0.25, 0.3) is 5.69 Å². The number of piperazine rings is 1. The highest BCUT2D eigenvalue weighted by molar-refractivity contribution is 7.17. The molecule has 9 nitrogen and oxygen atoms in total. The van der Waals surface area contributed by atoms with Crippen LogP contribution < -0.4 is 15.4 Å². The molecular formula is C27H30ClN5O4S. The predicted octanol–water partition coefficient (Wildman–Crippen LogP) is 3.69. The summed E-state index contributed by atoms with van der Waals surface area (Å²) in [6.45, 7) is 5.35. The summed E-state index contributed by atoms with van der Waals surface area (Å²) in [7, 11) is 0. The van der Waals surface area contributed by atoms with Gasteiger partial charge in [0.25, 0.3) is 11.5 Å². The van der Waals surface area contributed by atoms with Crippen LogP contribution in [0.4, 0.5) is 11.4 Å². The normalized spacial score (nSPS) is 17.9. The lowest BCUT2D eigenvalue weighted by atomic mass is 9.97. The molecule has 0 radical (unpaired) electrons. The van der Waals surface area contributed by atoms with E-state index in [1.54, 1.807) is 25.3 Å². The van der Waals surface area contributed by atoms with E-state index >= 15 is 0 Å². The zero-order chi connectivity index (χ0) is 26.6. The van der Waals surface area contributed by atoms with Crippen LogP contribution in [-0.2, 0) is 9.53 Å². The van der Waals surface area contributed by atoms with Crippen molar-refractivity contribution in [2.24, 2.45) is 5.92 Å². The number of carbonyl (C=O) groups is 2. The molecule has 0 aliphatic carbocycles. The number of hydrogen-bond acceptors (Lipinski definition) is 8. The molecule has 2 aliphatic rings. The third-order valence-corrected chi connectivity index (χ3v) is 8.20. The van der Waals surface area contributed by atoms with Gasteiger partial charge in [0.1, 0.15) is 5.69 Å². The van der Waals surface area contributed by atoms with E-state index in [9.17, 15) is 14.4 Å². The number of ether oxygens (including phenoxy) is 1. The van der Waals surface area contributed by atoms with Crippen LogP contribution in [-0.4, -0.2) is 72.4 Å². The van der Waals surface area contributed by atoms with E-state index in [2.05, 4.69) is 10.00 Å². The summed E-state index contributed by atoms with van der Waals surface area (Å²) >= 11 is 7.30. The standard InChI is InChI=1S/C27H30ClN5O4S/c1-2-37-27(36)19-7-6-12-32(18-19)24-21(17-29-33(26(24)35)20-8-4-3-5-9-20)30-13-15-31(16-14-30)25(34)22-10-11-23(28)38-22/h3-5,8-11,17,19H,2,6-7,12-16,18H2,1H3. The molecule has 0 N–H and O–H groups in total. The second-order valence-electron chi connectivity index (χ2n) is 9.35. The zero-order valence-corrected chi connectivity index (χ0v) is 22.8. The maximum atomic E-state index is 13.9. The molecule has 2 fully saturated rings. The molecule has 11 heteroatoms. The second kappa shape index (κ2) is 11.6. The summed E-state index contributed by atoms with van der Waals surface area (Å²) < 4.78 is 7.29. The fourth-order valence-corrected chi connectivity index (χ4v) is 6.10. The highest BCUT2D eigenvalue weighted by atomic mass is 35.5. The topological polar surface area (TPSA) is 88.0 Å². The Morgan fingerprint density at radius 1 is 1.05 bits per heavy atom. The molecule has 4 heterocycles. The van der Waals surface area contributed by atoms with Crippen LogP contribution >= 0.6 is 22.9 Å². The molecule has 1 unspecified atom stereocenters. The second-order valence-corrected chi connectivity index (χ2v) is 11.1. The van der Waals surface area contributed by atoms with E-state index in [0.29, 0.717) is 66.5 Å². The van der Waals surface area contributed by atoms with Gasteiger partial charge >= 0.3 is 5.97 Å². The summed E-state index contributed by atoms with van der Waals surface area (Å²) in [5.74, 6) is -0.550. The average Bonchev–Trinajstić information content (AvgIpc) is 3.39. The van der Waals surface area contributed by atoms with Crippen LogP contribution in [0.2, 0.25) is 4.34 Å². The maximum Gasteiger partial charge on any atom is 0.310 e. The van der Waals surface area contributed by atoms with E-state index in [-0.39, 0.29) is 23.4 Å². The number of carbonyl (C=O) groups excluding carboxylic acids is 2. The number of thiophene rings is 1. The van der Waals surface area contributed by atoms with E-state index in [1.165, 1.54) is 16.0 Å². The van der Waals surface area contributed by atoms with Crippen molar-refractivity contribution in [2.45, 2.75) is 19.8 Å². The maximum absolute atomic E-state index is 13.9. The summed E-state index contributed by atoms with van der Waals surface area (Å²) in [5, 5.41) is 4.52. The molecule has 1 atom stereocenters. The Morgan fingerprint density at radius 3 is 2.50 bits per heavy atom. The number of piperidine rings is 1. The molecule has 2 saturated heterocycles. The van der Waals surface area contributed by atoms with Gasteiger partial charge in [-0.1, -0.05) is 29.8 Å². The number of para-hydroxylation sites is 1. The number of anilines is 2. The third kappa shape index (κ3) is 5.42. The Kier molecular flexibility index (Phi) is 7.99. The van der Waals surface area contributed by atoms with Crippen molar-refractivity contribution in [3.63, 3.8) is 0 Å². The van der Waals surface area contributed by atoms with Crippen LogP contribution in [0, 0.1) is 5.92 Å². The fourth-order valence-electron chi connectivity index (χ4n) is 5.09. The van der Waals surface area contributed by atoms with E-state index < -0.39 is 0 Å². The Balaban J connectivity index is 1.44. The van der Waals surface area contributed by atoms with Crippen LogP contribution in [0.5, 0.6) is 0 Å². The van der Waals surface area contributed by atoms with Crippen molar-refractivity contribution in [1.29, 1.82) is 0 Å². The highest BCUT2D eigenvalue weighted by Crippen LogP contribution is 2.31. The third-order valence-electron chi connectivity index (χ3n) is 6.98. The van der Waals surface area contributed by atoms with E-state index in [1.807, 2.05) is 40.1 Å². The fraction of sp³-hybridized carbons (Fsp3) is 0.407. The average molecular weight is 556 g/mol. The molecule has 0 saturated carbocycles. The lowest BCUT2D eigenvalue weighted by Crippen LogP contribution is -2.50. The molecule has 2 aromatic heterocycles. The van der Waals surface area contributed by atoms with Gasteiger partial charge in [-0.2, -0.15) is 9.78 Å². The first-order valence-electron chi connectivity index (χ1n) is 12.8. The number of hydrogen-bond donors (Lipinski definition) is 0. The first-order valence-corrected chi connectivity index (χ1v) is 14.0. The van der Waals surface area contributed by atoms with Crippen molar-refractivity contribution < 1.29 is 14.3 Å². The van der Waals surface area contributed by atoms with Crippen molar-refractivity contribution in [2.75, 3.05) is 55.7 Å². The lowest BCUT2D eigenvalue weighted by Gasteiger charge is -2.39. The van der Waals surface area contributed by atoms with Crippen molar-refractivity contribution in [3.8, 4) is 5.69 Å². The molecule has 0 bridgehead atoms. The number of esters is 1. The molecule has 5 rings (SSSR count). The van der Waals surface area contributed by atoms with Gasteiger partial charge in [0.2, 0.25) is 0 Å². The molecular weight excluding hydrogens is 526 g/mol. The number of aromatic nitrogens is 2. The highest BCUT2D eigenvalue weighted by Gasteiger charge is 2.32. The van der Waals surface area contributed by atoms with Gasteiger partial charge in [0.15, 0.2) is 0 Å². The summed E-state index contributed by atoms with van der Waals surface area (Å²) in [6, 6.07) is 12.8. The molecule has 2 aliphatic heterocycles. The van der Waals surface area contributed by atoms with Gasteiger partial charge in [-0.3, -0.25) is 14.4 Å². The minimum absolute atomic E-state index is 0.0345. The molecule has 200 valence electrons. The minimum atomic E-state index is -0.290. The minimum Gasteiger partial charge on any atom is -0.466 e. The molecule has 1 aromatic carbocycles. The van der Waals surface area contributed by atoms with Crippen LogP contribution in [0.3, 0.4) is 0 Å². The SMILES string of the molecule is CCOC(=O)C1CCCN(c2c(N3CCN(C(=O)c4ccc(Cl)s4)CC3)cnn(-c3ccccc3)c2=O)C1. The Labute approximate surface area is 230 Å². The first-order chi connectivity index (χ1) is 18.5. The molecule has 0 spiro atoms. The van der Waals surface area contributed by atoms with Gasteiger partial charge in [-0.15, -0.1) is 11.3 Å². The largest absolute Gasteiger partial charge is 0.466 e. The molecule has 3 aromatic rings. The summed E-state index contributed by atoms with van der Waals surface area (Å²) in [6.07, 6.45) is 3.24. The van der Waals surface area contributed by atoms with Gasteiger partial charge in [-0.05, 0) is 44.0 Å². The Morgan fingerprint density at radius 2 is 1.82 bits per heavy atom. The monoisotopic (exact) mass is 555 g/mol. The Bertz CT molecular complexity index is 1350. The van der Waals surface area contributed by atoms with Gasteiger partial charge in [-0.25, -0.2) is 0 Å². The number of rotatable bonds is 6. The number of benzene rings is 1. The lowest BCUT2D eigenvalue weighted by molar-refractivity contribution is -0.148. The van der Waals surface area contributed by atoms with Crippen molar-refractivity contribution in [3.05, 3.63) is 68.2 Å². The van der Waals surface area contributed by atoms with Gasteiger partial charge in [0.05, 0.1) is 39.3 Å². The number of nitrogens with zero attached hydrogens (tertiary/aromatic N) is 5. The van der Waals surface area contributed by atoms with Crippen LogP contribution in [0.15, 0.2) is 53.5 Å². The first kappa shape index (κ1) is 26.2. The number of halogens is 1. The molecule has 38 heavy (non-hydrogen) atoms. The molecule has 1 amide bonds. The zero-order valence-electron chi connectivity index (χ0n) is 21.2. The van der Waals surface area contributed by atoms with Crippen LogP contribution in [0.1, 0.15) is 29.4 Å². The predicted molar refractivity (Wildman–Crippen MR) is 149 cm³/mol. The van der Waals surface area contributed by atoms with Crippen molar-refractivity contribution >= 4 is 46.2 Å². The smallest absolute Gasteiger partial charge is 0.310 e. The Hall–Kier alpha value is -3.37. The van der Waals surface area contributed by atoms with E-state index in [0.717, 1.165) is 18.5 Å². The van der Waals surface area contributed by atoms with Crippen molar-refractivity contribution in [1.82, 2.24) is 14.7 Å².